The van der Waals surface area contributed by atoms with Crippen molar-refractivity contribution >= 4 is 46.7 Å². The number of hydrazine groups is 1. The predicted octanol–water partition coefficient (Wildman–Crippen LogP) is 4.26. The highest BCUT2D eigenvalue weighted by Crippen LogP contribution is 2.56. The van der Waals surface area contributed by atoms with Gasteiger partial charge in [0.1, 0.15) is 6.54 Å². The van der Waals surface area contributed by atoms with E-state index in [-0.39, 0.29) is 22.4 Å². The molecule has 4 atom stereocenters. The van der Waals surface area contributed by atoms with Crippen LogP contribution in [0.15, 0.2) is 48.5 Å². The van der Waals surface area contributed by atoms with Gasteiger partial charge in [0.15, 0.2) is 5.78 Å². The lowest BCUT2D eigenvalue weighted by Gasteiger charge is -2.31. The third kappa shape index (κ3) is 3.33. The summed E-state index contributed by atoms with van der Waals surface area (Å²) in [7, 11) is 0. The van der Waals surface area contributed by atoms with Gasteiger partial charge in [0.2, 0.25) is 0 Å². The van der Waals surface area contributed by atoms with Crippen molar-refractivity contribution < 1.29 is 19.2 Å². The Morgan fingerprint density at radius 3 is 2.09 bits per heavy atom. The van der Waals surface area contributed by atoms with E-state index in [2.05, 4.69) is 0 Å². The Hall–Kier alpha value is -2.70. The molecule has 2 aromatic rings. The van der Waals surface area contributed by atoms with E-state index in [0.717, 1.165) is 29.3 Å². The zero-order chi connectivity index (χ0) is 22.6. The van der Waals surface area contributed by atoms with E-state index < -0.39 is 41.9 Å². The highest BCUT2D eigenvalue weighted by molar-refractivity contribution is 6.34. The Bertz CT molecular complexity index is 1110. The summed E-state index contributed by atoms with van der Waals surface area (Å²) in [5.41, 5.74) is 0.449. The first-order chi connectivity index (χ1) is 15.4. The largest absolute Gasteiger partial charge is 0.292 e. The van der Waals surface area contributed by atoms with Gasteiger partial charge < -0.3 is 0 Å². The van der Waals surface area contributed by atoms with E-state index in [4.69, 9.17) is 23.2 Å². The number of nitrogens with zero attached hydrogens (tertiary/aromatic N) is 2. The number of hydrogen-bond acceptors (Lipinski definition) is 4. The number of carbonyl (C=O) groups excluding carboxylic acids is 4. The highest BCUT2D eigenvalue weighted by atomic mass is 35.5. The van der Waals surface area contributed by atoms with Gasteiger partial charge in [0, 0.05) is 10.6 Å². The van der Waals surface area contributed by atoms with Crippen molar-refractivity contribution in [2.75, 3.05) is 6.54 Å². The number of hydrogen-bond donors (Lipinski definition) is 0. The van der Waals surface area contributed by atoms with E-state index in [9.17, 15) is 19.2 Å². The van der Waals surface area contributed by atoms with Crippen LogP contribution in [0, 0.1) is 23.7 Å². The van der Waals surface area contributed by atoms with Gasteiger partial charge in [-0.15, -0.1) is 0 Å². The van der Waals surface area contributed by atoms with Crippen LogP contribution in [0.4, 0.5) is 0 Å². The third-order valence-corrected chi connectivity index (χ3v) is 7.53. The second kappa shape index (κ2) is 8.01. The molecule has 164 valence electrons. The maximum atomic E-state index is 13.5. The standard InChI is InChI=1S/C24H20Cl2N2O4/c25-16-9-7-13(8-10-16)19(29)12-27(22(30)17-3-1-2-4-18(17)26)28-23(31)20-14-5-6-15(11-14)21(20)24(28)32/h1-4,7-10,14-15,20-21H,5-6,11-12H2/t14-,15-,20-,21+/m0/s1. The summed E-state index contributed by atoms with van der Waals surface area (Å²) in [5, 5.41) is 2.54. The number of amides is 3. The molecule has 2 aromatic carbocycles. The molecule has 0 N–H and O–H groups in total. The van der Waals surface area contributed by atoms with Crippen LogP contribution in [0.2, 0.25) is 10.0 Å². The van der Waals surface area contributed by atoms with Crippen molar-refractivity contribution in [3.8, 4) is 0 Å². The molecule has 6 nitrogen and oxygen atoms in total. The molecule has 0 aromatic heterocycles. The quantitative estimate of drug-likeness (QED) is 0.483. The zero-order valence-electron chi connectivity index (χ0n) is 17.0. The lowest BCUT2D eigenvalue weighted by Crippen LogP contribution is -2.52. The van der Waals surface area contributed by atoms with Gasteiger partial charge in [-0.3, -0.25) is 19.2 Å². The maximum absolute atomic E-state index is 13.5. The van der Waals surface area contributed by atoms with Crippen LogP contribution in [0.25, 0.3) is 0 Å². The molecule has 1 aliphatic heterocycles. The summed E-state index contributed by atoms with van der Waals surface area (Å²) in [5.74, 6) is -2.35. The van der Waals surface area contributed by atoms with Crippen LogP contribution in [0.3, 0.4) is 0 Å². The molecule has 8 heteroatoms. The molecule has 2 saturated carbocycles. The van der Waals surface area contributed by atoms with Gasteiger partial charge >= 0.3 is 0 Å². The smallest absolute Gasteiger partial charge is 0.274 e. The molecule has 3 amide bonds. The van der Waals surface area contributed by atoms with Crippen LogP contribution in [-0.4, -0.2) is 40.1 Å². The fourth-order valence-electron chi connectivity index (χ4n) is 5.50. The van der Waals surface area contributed by atoms with Crippen molar-refractivity contribution in [1.82, 2.24) is 10.0 Å². The van der Waals surface area contributed by atoms with E-state index in [1.165, 1.54) is 6.07 Å². The van der Waals surface area contributed by atoms with Crippen molar-refractivity contribution in [1.29, 1.82) is 0 Å². The van der Waals surface area contributed by atoms with Gasteiger partial charge in [0.25, 0.3) is 17.7 Å². The van der Waals surface area contributed by atoms with E-state index in [0.29, 0.717) is 10.6 Å². The number of Topliss-reactive ketones (excluding diaryl/α,β-unsaturated/α-hetero) is 1. The fraction of sp³-hybridized carbons (Fsp3) is 0.333. The number of fused-ring (bicyclic) bond motifs is 5. The van der Waals surface area contributed by atoms with E-state index in [1.54, 1.807) is 42.5 Å². The van der Waals surface area contributed by atoms with Crippen LogP contribution in [0.5, 0.6) is 0 Å². The minimum absolute atomic E-state index is 0.124. The highest BCUT2D eigenvalue weighted by Gasteiger charge is 2.62. The van der Waals surface area contributed by atoms with Crippen LogP contribution in [-0.2, 0) is 9.59 Å². The second-order valence-electron chi connectivity index (χ2n) is 8.65. The molecule has 5 rings (SSSR count). The lowest BCUT2D eigenvalue weighted by molar-refractivity contribution is -0.154. The maximum Gasteiger partial charge on any atom is 0.274 e. The summed E-state index contributed by atoms with van der Waals surface area (Å²) in [6.07, 6.45) is 2.71. The molecule has 0 radical (unpaired) electrons. The van der Waals surface area contributed by atoms with Gasteiger partial charge in [0.05, 0.1) is 22.4 Å². The van der Waals surface area contributed by atoms with Crippen LogP contribution >= 0.6 is 23.2 Å². The molecule has 1 heterocycles. The molecule has 2 aliphatic carbocycles. The summed E-state index contributed by atoms with van der Waals surface area (Å²) in [6, 6.07) is 12.6. The van der Waals surface area contributed by atoms with Crippen molar-refractivity contribution in [2.24, 2.45) is 23.7 Å². The number of halogens is 2. The number of ketones is 1. The normalized spacial score (nSPS) is 25.9. The number of benzene rings is 2. The molecule has 3 fully saturated rings. The van der Waals surface area contributed by atoms with E-state index >= 15 is 0 Å². The topological polar surface area (TPSA) is 74.8 Å². The van der Waals surface area contributed by atoms with Crippen molar-refractivity contribution in [2.45, 2.75) is 19.3 Å². The minimum Gasteiger partial charge on any atom is -0.292 e. The van der Waals surface area contributed by atoms with Gasteiger partial charge in [-0.05, 0) is 67.5 Å². The Morgan fingerprint density at radius 2 is 1.50 bits per heavy atom. The SMILES string of the molecule is O=C(CN(C(=O)c1ccccc1Cl)N1C(=O)[C@@H]2[C@H]3CC[C@@H](C3)[C@@H]2C1=O)c1ccc(Cl)cc1. The summed E-state index contributed by atoms with van der Waals surface area (Å²) < 4.78 is 0. The Balaban J connectivity index is 1.51. The van der Waals surface area contributed by atoms with E-state index in [1.807, 2.05) is 0 Å². The number of imide groups is 1. The molecule has 1 saturated heterocycles. The number of rotatable bonds is 5. The summed E-state index contributed by atoms with van der Waals surface area (Å²) in [6.45, 7) is -0.460. The molecule has 0 unspecified atom stereocenters. The predicted molar refractivity (Wildman–Crippen MR) is 118 cm³/mol. The molecule has 2 bridgehead atoms. The van der Waals surface area contributed by atoms with Gasteiger partial charge in [-0.1, -0.05) is 35.3 Å². The molecule has 3 aliphatic rings. The first-order valence-corrected chi connectivity index (χ1v) is 11.4. The molecular formula is C24H20Cl2N2O4. The minimum atomic E-state index is -0.660. The van der Waals surface area contributed by atoms with Gasteiger partial charge in [-0.2, -0.15) is 5.01 Å². The summed E-state index contributed by atoms with van der Waals surface area (Å²) >= 11 is 12.1. The first kappa shape index (κ1) is 21.2. The molecule has 0 spiro atoms. The average Bonchev–Trinajstić information content (AvgIpc) is 3.46. The first-order valence-electron chi connectivity index (χ1n) is 10.6. The van der Waals surface area contributed by atoms with Crippen LogP contribution < -0.4 is 0 Å². The lowest BCUT2D eigenvalue weighted by atomic mass is 9.81. The Morgan fingerprint density at radius 1 is 0.906 bits per heavy atom. The fourth-order valence-corrected chi connectivity index (χ4v) is 5.84. The zero-order valence-corrected chi connectivity index (χ0v) is 18.6. The average molecular weight is 471 g/mol. The summed E-state index contributed by atoms with van der Waals surface area (Å²) in [4.78, 5) is 53.2. The molecular weight excluding hydrogens is 451 g/mol. The monoisotopic (exact) mass is 470 g/mol. The third-order valence-electron chi connectivity index (χ3n) is 6.94. The van der Waals surface area contributed by atoms with Crippen LogP contribution in [0.1, 0.15) is 40.0 Å². The van der Waals surface area contributed by atoms with Crippen molar-refractivity contribution in [3.05, 3.63) is 69.7 Å². The second-order valence-corrected chi connectivity index (χ2v) is 9.49. The number of carbonyl (C=O) groups is 4. The Labute approximate surface area is 195 Å². The van der Waals surface area contributed by atoms with Crippen molar-refractivity contribution in [3.63, 3.8) is 0 Å². The molecule has 32 heavy (non-hydrogen) atoms. The Kier molecular flexibility index (Phi) is 5.30. The van der Waals surface area contributed by atoms with Gasteiger partial charge in [-0.25, -0.2) is 5.01 Å².